The van der Waals surface area contributed by atoms with E-state index in [1.165, 1.54) is 10.9 Å². The number of hydrogen-bond donors (Lipinski definition) is 1. The molecular weight excluding hydrogens is 342 g/mol. The number of para-hydroxylation sites is 1. The SMILES string of the molecule is COc1nc2c(c(-c3cccs3)c1C#N)CCc1c-2[nH]c2ccccc12. The largest absolute Gasteiger partial charge is 0.480 e. The maximum absolute atomic E-state index is 9.77. The third-order valence-electron chi connectivity index (χ3n) is 5.01. The summed E-state index contributed by atoms with van der Waals surface area (Å²) in [5.74, 6) is 0.390. The lowest BCUT2D eigenvalue weighted by molar-refractivity contribution is 0.397. The molecule has 0 fully saturated rings. The van der Waals surface area contributed by atoms with Crippen molar-refractivity contribution in [2.75, 3.05) is 7.11 Å². The van der Waals surface area contributed by atoms with Gasteiger partial charge in [-0.15, -0.1) is 11.3 Å². The Bertz CT molecular complexity index is 1180. The summed E-state index contributed by atoms with van der Waals surface area (Å²) in [7, 11) is 1.57. The second-order valence-corrected chi connectivity index (χ2v) is 7.26. The van der Waals surface area contributed by atoms with E-state index in [2.05, 4.69) is 35.3 Å². The molecule has 4 nitrogen and oxygen atoms in total. The number of aryl methyl sites for hydroxylation is 1. The van der Waals surface area contributed by atoms with Gasteiger partial charge in [0.15, 0.2) is 0 Å². The van der Waals surface area contributed by atoms with Crippen molar-refractivity contribution in [1.82, 2.24) is 9.97 Å². The summed E-state index contributed by atoms with van der Waals surface area (Å²) < 4.78 is 5.49. The lowest BCUT2D eigenvalue weighted by atomic mass is 9.87. The van der Waals surface area contributed by atoms with Gasteiger partial charge >= 0.3 is 0 Å². The fourth-order valence-electron chi connectivity index (χ4n) is 3.91. The van der Waals surface area contributed by atoms with Gasteiger partial charge in [0.2, 0.25) is 5.88 Å². The molecule has 0 radical (unpaired) electrons. The van der Waals surface area contributed by atoms with Crippen molar-refractivity contribution in [3.63, 3.8) is 0 Å². The number of nitriles is 1. The minimum absolute atomic E-state index is 0.390. The van der Waals surface area contributed by atoms with Crippen LogP contribution in [0.1, 0.15) is 16.7 Å². The number of pyridine rings is 1. The molecule has 1 aliphatic carbocycles. The maximum atomic E-state index is 9.77. The minimum atomic E-state index is 0.390. The van der Waals surface area contributed by atoms with Gasteiger partial charge in [-0.1, -0.05) is 24.3 Å². The molecule has 5 heteroatoms. The van der Waals surface area contributed by atoms with Crippen molar-refractivity contribution in [3.8, 4) is 33.8 Å². The molecule has 5 rings (SSSR count). The van der Waals surface area contributed by atoms with Gasteiger partial charge in [-0.3, -0.25) is 0 Å². The molecule has 1 N–H and O–H groups in total. The number of H-pyrrole nitrogens is 1. The van der Waals surface area contributed by atoms with Crippen LogP contribution >= 0.6 is 11.3 Å². The van der Waals surface area contributed by atoms with Gasteiger partial charge in [0.25, 0.3) is 0 Å². The Kier molecular flexibility index (Phi) is 3.34. The molecule has 0 aliphatic heterocycles. The number of benzene rings is 1. The number of hydrogen-bond acceptors (Lipinski definition) is 4. The number of methoxy groups -OCH3 is 1. The first kappa shape index (κ1) is 15.2. The van der Waals surface area contributed by atoms with E-state index < -0.39 is 0 Å². The van der Waals surface area contributed by atoms with Crippen LogP contribution in [0.15, 0.2) is 41.8 Å². The van der Waals surface area contributed by atoms with Crippen LogP contribution in [0.5, 0.6) is 5.88 Å². The number of aromatic nitrogens is 2. The quantitative estimate of drug-likeness (QED) is 0.553. The smallest absolute Gasteiger partial charge is 0.232 e. The summed E-state index contributed by atoms with van der Waals surface area (Å²) in [4.78, 5) is 9.36. The second-order valence-electron chi connectivity index (χ2n) is 6.31. The number of rotatable bonds is 2. The first-order valence-corrected chi connectivity index (χ1v) is 9.34. The lowest BCUT2D eigenvalue weighted by Crippen LogP contribution is -2.10. The van der Waals surface area contributed by atoms with E-state index in [-0.39, 0.29) is 0 Å². The van der Waals surface area contributed by atoms with Crippen molar-refractivity contribution in [2.45, 2.75) is 12.8 Å². The van der Waals surface area contributed by atoms with Crippen molar-refractivity contribution in [1.29, 1.82) is 5.26 Å². The molecule has 4 aromatic rings. The molecule has 0 unspecified atom stereocenters. The maximum Gasteiger partial charge on any atom is 0.232 e. The van der Waals surface area contributed by atoms with E-state index in [1.54, 1.807) is 18.4 Å². The number of ether oxygens (including phenoxy) is 1. The van der Waals surface area contributed by atoms with Gasteiger partial charge in [-0.05, 0) is 41.5 Å². The van der Waals surface area contributed by atoms with Crippen LogP contribution in [0.3, 0.4) is 0 Å². The van der Waals surface area contributed by atoms with Gasteiger partial charge in [0.1, 0.15) is 11.6 Å². The van der Waals surface area contributed by atoms with E-state index in [9.17, 15) is 5.26 Å². The van der Waals surface area contributed by atoms with E-state index in [0.717, 1.165) is 45.8 Å². The van der Waals surface area contributed by atoms with Gasteiger partial charge in [-0.2, -0.15) is 5.26 Å². The Labute approximate surface area is 154 Å². The monoisotopic (exact) mass is 357 g/mol. The van der Waals surface area contributed by atoms with Gasteiger partial charge in [0.05, 0.1) is 18.5 Å². The number of fused-ring (bicyclic) bond motifs is 5. The summed E-state index contributed by atoms with van der Waals surface area (Å²) in [5.41, 5.74) is 6.98. The molecule has 0 atom stereocenters. The van der Waals surface area contributed by atoms with Crippen LogP contribution in [0.4, 0.5) is 0 Å². The van der Waals surface area contributed by atoms with Crippen molar-refractivity contribution >= 4 is 22.2 Å². The Hall–Kier alpha value is -3.10. The molecular formula is C21H15N3OS. The zero-order valence-corrected chi connectivity index (χ0v) is 15.0. The van der Waals surface area contributed by atoms with E-state index in [0.29, 0.717) is 11.4 Å². The normalized spacial score (nSPS) is 12.5. The van der Waals surface area contributed by atoms with E-state index >= 15 is 0 Å². The van der Waals surface area contributed by atoms with Crippen molar-refractivity contribution in [2.24, 2.45) is 0 Å². The molecule has 0 saturated carbocycles. The van der Waals surface area contributed by atoms with Crippen LogP contribution in [0.2, 0.25) is 0 Å². The summed E-state index contributed by atoms with van der Waals surface area (Å²) >= 11 is 1.64. The first-order valence-electron chi connectivity index (χ1n) is 8.46. The number of nitrogens with one attached hydrogen (secondary N) is 1. The highest BCUT2D eigenvalue weighted by molar-refractivity contribution is 7.13. The fourth-order valence-corrected chi connectivity index (χ4v) is 4.71. The zero-order chi connectivity index (χ0) is 17.7. The predicted octanol–water partition coefficient (Wildman–Crippen LogP) is 4.94. The summed E-state index contributed by atoms with van der Waals surface area (Å²) in [5, 5.41) is 13.0. The molecule has 0 bridgehead atoms. The third-order valence-corrected chi connectivity index (χ3v) is 5.90. The summed E-state index contributed by atoms with van der Waals surface area (Å²) in [6.07, 6.45) is 1.80. The zero-order valence-electron chi connectivity index (χ0n) is 14.2. The lowest BCUT2D eigenvalue weighted by Gasteiger charge is -2.21. The highest BCUT2D eigenvalue weighted by Gasteiger charge is 2.29. The van der Waals surface area contributed by atoms with Gasteiger partial charge < -0.3 is 9.72 Å². The summed E-state index contributed by atoms with van der Waals surface area (Å²) in [6.45, 7) is 0. The minimum Gasteiger partial charge on any atom is -0.480 e. The molecule has 1 aromatic carbocycles. The molecule has 1 aliphatic rings. The first-order chi connectivity index (χ1) is 12.8. The number of nitrogens with zero attached hydrogens (tertiary/aromatic N) is 2. The van der Waals surface area contributed by atoms with Crippen LogP contribution in [-0.2, 0) is 12.8 Å². The van der Waals surface area contributed by atoms with Crippen LogP contribution in [-0.4, -0.2) is 17.1 Å². The number of thiophene rings is 1. The molecule has 0 saturated heterocycles. The Morgan fingerprint density at radius 2 is 2.00 bits per heavy atom. The Morgan fingerprint density at radius 3 is 2.77 bits per heavy atom. The molecule has 0 amide bonds. The van der Waals surface area contributed by atoms with Crippen LogP contribution in [0, 0.1) is 11.3 Å². The average molecular weight is 357 g/mol. The molecule has 26 heavy (non-hydrogen) atoms. The molecule has 126 valence electrons. The van der Waals surface area contributed by atoms with Crippen LogP contribution < -0.4 is 4.74 Å². The molecule has 0 spiro atoms. The second kappa shape index (κ2) is 5.72. The van der Waals surface area contributed by atoms with Crippen molar-refractivity contribution < 1.29 is 4.74 Å². The fraction of sp³-hybridized carbons (Fsp3) is 0.143. The molecule has 3 heterocycles. The van der Waals surface area contributed by atoms with Crippen LogP contribution in [0.25, 0.3) is 32.7 Å². The Balaban J connectivity index is 1.88. The van der Waals surface area contributed by atoms with Gasteiger partial charge in [-0.25, -0.2) is 4.98 Å². The average Bonchev–Trinajstić information content (AvgIpc) is 3.33. The Morgan fingerprint density at radius 1 is 1.15 bits per heavy atom. The standard InChI is InChI=1S/C21H15N3OS/c1-25-21-15(11-22)18(17-7-4-10-26-17)14-9-8-13-12-5-2-3-6-16(12)23-19(13)20(14)24-21/h2-7,10,23H,8-9H2,1H3. The van der Waals surface area contributed by atoms with Crippen molar-refractivity contribution in [3.05, 3.63) is 58.5 Å². The van der Waals surface area contributed by atoms with E-state index in [1.807, 2.05) is 17.5 Å². The highest BCUT2D eigenvalue weighted by atomic mass is 32.1. The topological polar surface area (TPSA) is 61.7 Å². The predicted molar refractivity (Wildman–Crippen MR) is 104 cm³/mol. The highest BCUT2D eigenvalue weighted by Crippen LogP contribution is 2.44. The van der Waals surface area contributed by atoms with E-state index in [4.69, 9.17) is 9.72 Å². The third kappa shape index (κ3) is 2.03. The number of aromatic amines is 1. The van der Waals surface area contributed by atoms with Gasteiger partial charge in [0, 0.05) is 21.3 Å². The summed E-state index contributed by atoms with van der Waals surface area (Å²) in [6, 6.07) is 14.7. The molecule has 3 aromatic heterocycles.